The Kier molecular flexibility index (Phi) is 4.00. The lowest BCUT2D eigenvalue weighted by molar-refractivity contribution is 0.380. The van der Waals surface area contributed by atoms with E-state index < -0.39 is 0 Å². The van der Waals surface area contributed by atoms with E-state index in [9.17, 15) is 0 Å². The molecule has 1 aromatic rings. The van der Waals surface area contributed by atoms with Crippen LogP contribution in [0.2, 0.25) is 0 Å². The van der Waals surface area contributed by atoms with E-state index in [4.69, 9.17) is 0 Å². The molecule has 0 bridgehead atoms. The lowest BCUT2D eigenvalue weighted by Crippen LogP contribution is -2.31. The predicted molar refractivity (Wildman–Crippen MR) is 69.4 cm³/mol. The molecule has 88 valence electrons. The number of hydrogen-bond donors (Lipinski definition) is 1. The molecule has 1 unspecified atom stereocenters. The Morgan fingerprint density at radius 1 is 1.19 bits per heavy atom. The third kappa shape index (κ3) is 3.08. The minimum absolute atomic E-state index is 0.670. The molecule has 0 aliphatic heterocycles. The zero-order valence-electron chi connectivity index (χ0n) is 10.5. The molecule has 1 saturated carbocycles. The molecule has 0 radical (unpaired) electrons. The molecule has 0 aromatic heterocycles. The van der Waals surface area contributed by atoms with Crippen LogP contribution in [0.1, 0.15) is 43.7 Å². The zero-order valence-corrected chi connectivity index (χ0v) is 10.5. The van der Waals surface area contributed by atoms with Crippen molar-refractivity contribution in [1.82, 2.24) is 5.32 Å². The number of aryl methyl sites for hydroxylation is 1. The topological polar surface area (TPSA) is 12.0 Å². The Bertz CT molecular complexity index is 309. The van der Waals surface area contributed by atoms with Crippen molar-refractivity contribution < 1.29 is 0 Å². The fraction of sp³-hybridized carbons (Fsp3) is 0.600. The molecule has 1 fully saturated rings. The standard InChI is InChI=1S/C15H23N/c1-12-7-9-14(10-8-12)11-16-13(2)15-5-3-4-6-15/h7-10,13,15-16H,3-6,11H2,1-2H3. The van der Waals surface area contributed by atoms with Gasteiger partial charge in [0.2, 0.25) is 0 Å². The molecule has 2 rings (SSSR count). The molecule has 1 heteroatoms. The summed E-state index contributed by atoms with van der Waals surface area (Å²) in [4.78, 5) is 0. The van der Waals surface area contributed by atoms with Crippen LogP contribution in [0.4, 0.5) is 0 Å². The van der Waals surface area contributed by atoms with Crippen LogP contribution < -0.4 is 5.32 Å². The molecular weight excluding hydrogens is 194 g/mol. The summed E-state index contributed by atoms with van der Waals surface area (Å²) in [5, 5.41) is 3.66. The molecular formula is C15H23N. The van der Waals surface area contributed by atoms with Gasteiger partial charge in [-0.3, -0.25) is 0 Å². The molecule has 1 nitrogen and oxygen atoms in total. The highest BCUT2D eigenvalue weighted by Crippen LogP contribution is 2.27. The smallest absolute Gasteiger partial charge is 0.0208 e. The highest BCUT2D eigenvalue weighted by atomic mass is 14.9. The van der Waals surface area contributed by atoms with Gasteiger partial charge >= 0.3 is 0 Å². The lowest BCUT2D eigenvalue weighted by atomic mass is 9.99. The van der Waals surface area contributed by atoms with Gasteiger partial charge in [0.1, 0.15) is 0 Å². The SMILES string of the molecule is Cc1ccc(CNC(C)C2CCCC2)cc1. The Morgan fingerprint density at radius 2 is 1.81 bits per heavy atom. The molecule has 0 saturated heterocycles. The summed E-state index contributed by atoms with van der Waals surface area (Å²) in [5.41, 5.74) is 2.74. The number of nitrogens with one attached hydrogen (secondary N) is 1. The van der Waals surface area contributed by atoms with Crippen molar-refractivity contribution >= 4 is 0 Å². The monoisotopic (exact) mass is 217 g/mol. The van der Waals surface area contributed by atoms with Crippen molar-refractivity contribution in [3.8, 4) is 0 Å². The second-order valence-electron chi connectivity index (χ2n) is 5.20. The highest BCUT2D eigenvalue weighted by molar-refractivity contribution is 5.21. The maximum absolute atomic E-state index is 3.66. The Hall–Kier alpha value is -0.820. The van der Waals surface area contributed by atoms with Gasteiger partial charge < -0.3 is 5.32 Å². The number of hydrogen-bond acceptors (Lipinski definition) is 1. The van der Waals surface area contributed by atoms with Crippen LogP contribution in [-0.2, 0) is 6.54 Å². The van der Waals surface area contributed by atoms with Crippen molar-refractivity contribution in [2.24, 2.45) is 5.92 Å². The van der Waals surface area contributed by atoms with E-state index in [-0.39, 0.29) is 0 Å². The van der Waals surface area contributed by atoms with Gasteiger partial charge in [-0.2, -0.15) is 0 Å². The molecule has 0 heterocycles. The Labute approximate surface area is 99.3 Å². The van der Waals surface area contributed by atoms with Crippen molar-refractivity contribution in [2.75, 3.05) is 0 Å². The first-order chi connectivity index (χ1) is 7.75. The summed E-state index contributed by atoms with van der Waals surface area (Å²) >= 11 is 0. The molecule has 1 aliphatic rings. The second-order valence-corrected chi connectivity index (χ2v) is 5.20. The highest BCUT2D eigenvalue weighted by Gasteiger charge is 2.20. The van der Waals surface area contributed by atoms with Crippen molar-refractivity contribution in [3.63, 3.8) is 0 Å². The van der Waals surface area contributed by atoms with Crippen LogP contribution in [0.5, 0.6) is 0 Å². The fourth-order valence-electron chi connectivity index (χ4n) is 2.61. The van der Waals surface area contributed by atoms with E-state index >= 15 is 0 Å². The third-order valence-electron chi connectivity index (χ3n) is 3.86. The summed E-state index contributed by atoms with van der Waals surface area (Å²) in [6, 6.07) is 9.51. The lowest BCUT2D eigenvalue weighted by Gasteiger charge is -2.20. The summed E-state index contributed by atoms with van der Waals surface area (Å²) in [5.74, 6) is 0.908. The van der Waals surface area contributed by atoms with Crippen LogP contribution in [0.25, 0.3) is 0 Å². The van der Waals surface area contributed by atoms with E-state index in [1.807, 2.05) is 0 Å². The molecule has 0 spiro atoms. The quantitative estimate of drug-likeness (QED) is 0.811. The molecule has 16 heavy (non-hydrogen) atoms. The van der Waals surface area contributed by atoms with Crippen LogP contribution in [-0.4, -0.2) is 6.04 Å². The van der Waals surface area contributed by atoms with E-state index in [1.54, 1.807) is 0 Å². The van der Waals surface area contributed by atoms with Gasteiger partial charge in [0, 0.05) is 12.6 Å². The molecule has 1 aromatic carbocycles. The van der Waals surface area contributed by atoms with Crippen LogP contribution >= 0.6 is 0 Å². The van der Waals surface area contributed by atoms with Crippen LogP contribution in [0.3, 0.4) is 0 Å². The van der Waals surface area contributed by atoms with E-state index in [0.29, 0.717) is 6.04 Å². The normalized spacial score (nSPS) is 18.9. The number of rotatable bonds is 4. The average molecular weight is 217 g/mol. The molecule has 1 N–H and O–H groups in total. The predicted octanol–water partition coefficient (Wildman–Crippen LogP) is 3.66. The molecule has 1 atom stereocenters. The summed E-state index contributed by atoms with van der Waals surface area (Å²) in [6.45, 7) is 5.49. The van der Waals surface area contributed by atoms with E-state index in [0.717, 1.165) is 12.5 Å². The fourth-order valence-corrected chi connectivity index (χ4v) is 2.61. The zero-order chi connectivity index (χ0) is 11.4. The maximum Gasteiger partial charge on any atom is 0.0208 e. The van der Waals surface area contributed by atoms with Gasteiger partial charge in [-0.15, -0.1) is 0 Å². The van der Waals surface area contributed by atoms with Gasteiger partial charge in [-0.25, -0.2) is 0 Å². The Balaban J connectivity index is 1.80. The van der Waals surface area contributed by atoms with Gasteiger partial charge in [-0.1, -0.05) is 42.7 Å². The first-order valence-corrected chi connectivity index (χ1v) is 6.54. The summed E-state index contributed by atoms with van der Waals surface area (Å²) in [7, 11) is 0. The van der Waals surface area contributed by atoms with Gasteiger partial charge in [0.25, 0.3) is 0 Å². The maximum atomic E-state index is 3.66. The third-order valence-corrected chi connectivity index (χ3v) is 3.86. The number of benzene rings is 1. The van der Waals surface area contributed by atoms with E-state index in [1.165, 1.54) is 36.8 Å². The van der Waals surface area contributed by atoms with Gasteiger partial charge in [-0.05, 0) is 38.2 Å². The minimum atomic E-state index is 0.670. The first kappa shape index (κ1) is 11.7. The first-order valence-electron chi connectivity index (χ1n) is 6.54. The van der Waals surface area contributed by atoms with Crippen molar-refractivity contribution in [1.29, 1.82) is 0 Å². The molecule has 0 amide bonds. The van der Waals surface area contributed by atoms with E-state index in [2.05, 4.69) is 43.4 Å². The molecule has 1 aliphatic carbocycles. The summed E-state index contributed by atoms with van der Waals surface area (Å²) in [6.07, 6.45) is 5.70. The second kappa shape index (κ2) is 5.49. The van der Waals surface area contributed by atoms with Gasteiger partial charge in [0.05, 0.1) is 0 Å². The Morgan fingerprint density at radius 3 is 2.44 bits per heavy atom. The minimum Gasteiger partial charge on any atom is -0.310 e. The van der Waals surface area contributed by atoms with Crippen LogP contribution in [0.15, 0.2) is 24.3 Å². The average Bonchev–Trinajstić information content (AvgIpc) is 2.81. The largest absolute Gasteiger partial charge is 0.310 e. The van der Waals surface area contributed by atoms with Crippen LogP contribution in [0, 0.1) is 12.8 Å². The van der Waals surface area contributed by atoms with Crippen molar-refractivity contribution in [3.05, 3.63) is 35.4 Å². The van der Waals surface area contributed by atoms with Gasteiger partial charge in [0.15, 0.2) is 0 Å². The summed E-state index contributed by atoms with van der Waals surface area (Å²) < 4.78 is 0. The van der Waals surface area contributed by atoms with Crippen molar-refractivity contribution in [2.45, 2.75) is 52.1 Å².